The van der Waals surface area contributed by atoms with E-state index in [1.807, 2.05) is 18.4 Å². The third kappa shape index (κ3) is 1.87. The van der Waals surface area contributed by atoms with Crippen molar-refractivity contribution >= 4 is 22.9 Å². The highest BCUT2D eigenvalue weighted by atomic mass is 35.5. The topological polar surface area (TPSA) is 38.0 Å². The summed E-state index contributed by atoms with van der Waals surface area (Å²) in [6.45, 7) is 5.75. The van der Waals surface area contributed by atoms with Crippen LogP contribution in [-0.2, 0) is 0 Å². The Kier molecular flexibility index (Phi) is 3.29. The first-order chi connectivity index (χ1) is 5.66. The van der Waals surface area contributed by atoms with Gasteiger partial charge in [0, 0.05) is 4.88 Å². The average Bonchev–Trinajstić information content (AvgIpc) is 2.38. The maximum absolute atomic E-state index is 5.93. The maximum atomic E-state index is 5.93. The van der Waals surface area contributed by atoms with Crippen LogP contribution in [0.5, 0.6) is 0 Å². The van der Waals surface area contributed by atoms with Gasteiger partial charge in [0.15, 0.2) is 0 Å². The Morgan fingerprint density at radius 3 is 2.83 bits per heavy atom. The fourth-order valence-corrected chi connectivity index (χ4v) is 2.27. The second kappa shape index (κ2) is 4.05. The molecule has 1 aromatic rings. The number of thiophene rings is 1. The normalized spacial score (nSPS) is 12.9. The molecule has 0 amide bonds. The molecule has 0 radical (unpaired) electrons. The number of rotatable bonds is 3. The van der Waals surface area contributed by atoms with E-state index in [9.17, 15) is 0 Å². The van der Waals surface area contributed by atoms with Crippen LogP contribution < -0.4 is 11.3 Å². The summed E-state index contributed by atoms with van der Waals surface area (Å²) >= 11 is 7.51. The van der Waals surface area contributed by atoms with E-state index in [-0.39, 0.29) is 6.04 Å². The van der Waals surface area contributed by atoms with Crippen molar-refractivity contribution in [2.75, 3.05) is 0 Å². The van der Waals surface area contributed by atoms with E-state index in [1.54, 1.807) is 11.3 Å². The maximum Gasteiger partial charge on any atom is 0.0772 e. The molecule has 1 heterocycles. The van der Waals surface area contributed by atoms with Crippen LogP contribution in [0.15, 0.2) is 23.6 Å². The number of halogens is 1. The van der Waals surface area contributed by atoms with Gasteiger partial charge in [0.2, 0.25) is 0 Å². The molecular formula is C8H11ClN2S. The minimum Gasteiger partial charge on any atom is -0.271 e. The second-order valence-electron chi connectivity index (χ2n) is 2.58. The summed E-state index contributed by atoms with van der Waals surface area (Å²) in [4.78, 5) is 1.02. The van der Waals surface area contributed by atoms with Gasteiger partial charge in [-0.05, 0) is 18.4 Å². The zero-order valence-corrected chi connectivity index (χ0v) is 8.38. The summed E-state index contributed by atoms with van der Waals surface area (Å²) < 4.78 is 0. The number of hydrazine groups is 1. The van der Waals surface area contributed by atoms with Gasteiger partial charge < -0.3 is 0 Å². The molecule has 12 heavy (non-hydrogen) atoms. The monoisotopic (exact) mass is 202 g/mol. The fraction of sp³-hybridized carbons (Fsp3) is 0.250. The van der Waals surface area contributed by atoms with Gasteiger partial charge in [-0.3, -0.25) is 5.84 Å². The molecule has 0 aliphatic carbocycles. The first-order valence-electron chi connectivity index (χ1n) is 3.51. The van der Waals surface area contributed by atoms with E-state index in [0.29, 0.717) is 0 Å². The van der Waals surface area contributed by atoms with Gasteiger partial charge in [0.05, 0.1) is 11.1 Å². The zero-order valence-electron chi connectivity index (χ0n) is 6.80. The largest absolute Gasteiger partial charge is 0.271 e. The lowest BCUT2D eigenvalue weighted by Gasteiger charge is -2.14. The Hall–Kier alpha value is -0.350. The van der Waals surface area contributed by atoms with Crippen molar-refractivity contribution in [2.24, 2.45) is 5.84 Å². The van der Waals surface area contributed by atoms with E-state index in [1.165, 1.54) is 0 Å². The highest BCUT2D eigenvalue weighted by Crippen LogP contribution is 2.31. The molecule has 0 bridgehead atoms. The predicted octanol–water partition coefficient (Wildman–Crippen LogP) is 2.48. The minimum absolute atomic E-state index is 0.0301. The van der Waals surface area contributed by atoms with Gasteiger partial charge in [-0.2, -0.15) is 0 Å². The molecule has 0 aliphatic rings. The van der Waals surface area contributed by atoms with E-state index < -0.39 is 0 Å². The summed E-state index contributed by atoms with van der Waals surface area (Å²) in [5.74, 6) is 5.37. The minimum atomic E-state index is -0.0301. The molecule has 4 heteroatoms. The first-order valence-corrected chi connectivity index (χ1v) is 4.77. The van der Waals surface area contributed by atoms with Crippen molar-refractivity contribution in [3.63, 3.8) is 0 Å². The van der Waals surface area contributed by atoms with Crippen LogP contribution in [0, 0.1) is 0 Å². The lowest BCUT2D eigenvalue weighted by atomic mass is 10.1. The Balaban J connectivity index is 2.94. The van der Waals surface area contributed by atoms with Crippen LogP contribution in [0.3, 0.4) is 0 Å². The van der Waals surface area contributed by atoms with Crippen LogP contribution in [0.25, 0.3) is 0 Å². The van der Waals surface area contributed by atoms with Crippen molar-refractivity contribution in [3.05, 3.63) is 33.5 Å². The highest BCUT2D eigenvalue weighted by molar-refractivity contribution is 7.10. The van der Waals surface area contributed by atoms with Crippen molar-refractivity contribution in [1.82, 2.24) is 5.43 Å². The fourth-order valence-electron chi connectivity index (χ4n) is 0.953. The number of hydrogen-bond donors (Lipinski definition) is 2. The number of nitrogens with two attached hydrogens (primary N) is 1. The molecule has 66 valence electrons. The first kappa shape index (κ1) is 9.74. The van der Waals surface area contributed by atoms with Crippen LogP contribution in [0.1, 0.15) is 17.8 Å². The Morgan fingerprint density at radius 1 is 1.83 bits per heavy atom. The summed E-state index contributed by atoms with van der Waals surface area (Å²) in [5.41, 5.74) is 3.63. The lowest BCUT2D eigenvalue weighted by Crippen LogP contribution is -2.28. The molecule has 1 rings (SSSR count). The van der Waals surface area contributed by atoms with Crippen LogP contribution in [0.2, 0.25) is 5.02 Å². The average molecular weight is 203 g/mol. The Bertz CT molecular complexity index is 282. The van der Waals surface area contributed by atoms with Gasteiger partial charge in [-0.1, -0.05) is 23.8 Å². The van der Waals surface area contributed by atoms with Gasteiger partial charge in [0.25, 0.3) is 0 Å². The Labute approximate surface area is 81.0 Å². The molecule has 0 aliphatic heterocycles. The van der Waals surface area contributed by atoms with Gasteiger partial charge in [0.1, 0.15) is 0 Å². The van der Waals surface area contributed by atoms with Gasteiger partial charge in [-0.25, -0.2) is 5.43 Å². The van der Waals surface area contributed by atoms with Crippen molar-refractivity contribution in [1.29, 1.82) is 0 Å². The molecule has 0 saturated heterocycles. The molecule has 0 saturated carbocycles. The second-order valence-corrected chi connectivity index (χ2v) is 3.93. The van der Waals surface area contributed by atoms with E-state index in [0.717, 1.165) is 15.5 Å². The SMILES string of the molecule is C=C(C)C(NN)c1sccc1Cl. The molecule has 1 atom stereocenters. The molecule has 1 aromatic heterocycles. The van der Waals surface area contributed by atoms with Crippen LogP contribution in [-0.4, -0.2) is 0 Å². The summed E-state index contributed by atoms with van der Waals surface area (Å²) in [6, 6.07) is 1.83. The number of hydrogen-bond acceptors (Lipinski definition) is 3. The molecule has 3 N–H and O–H groups in total. The van der Waals surface area contributed by atoms with E-state index in [2.05, 4.69) is 12.0 Å². The van der Waals surface area contributed by atoms with Crippen LogP contribution >= 0.6 is 22.9 Å². The molecule has 2 nitrogen and oxygen atoms in total. The Morgan fingerprint density at radius 2 is 2.50 bits per heavy atom. The van der Waals surface area contributed by atoms with E-state index in [4.69, 9.17) is 17.4 Å². The van der Waals surface area contributed by atoms with Gasteiger partial charge >= 0.3 is 0 Å². The van der Waals surface area contributed by atoms with E-state index >= 15 is 0 Å². The zero-order chi connectivity index (χ0) is 9.14. The highest BCUT2D eigenvalue weighted by Gasteiger charge is 2.14. The lowest BCUT2D eigenvalue weighted by molar-refractivity contribution is 0.637. The predicted molar refractivity (Wildman–Crippen MR) is 54.2 cm³/mol. The summed E-state index contributed by atoms with van der Waals surface area (Å²) in [5, 5.41) is 2.68. The molecule has 1 unspecified atom stereocenters. The number of nitrogens with one attached hydrogen (secondary N) is 1. The molecule has 0 aromatic carbocycles. The molecule has 0 spiro atoms. The van der Waals surface area contributed by atoms with Gasteiger partial charge in [-0.15, -0.1) is 11.3 Å². The van der Waals surface area contributed by atoms with Crippen molar-refractivity contribution in [3.8, 4) is 0 Å². The summed E-state index contributed by atoms with van der Waals surface area (Å²) in [6.07, 6.45) is 0. The standard InChI is InChI=1S/C8H11ClN2S/c1-5(2)7(11-10)8-6(9)3-4-12-8/h3-4,7,11H,1,10H2,2H3. The third-order valence-corrected chi connectivity index (χ3v) is 2.99. The van der Waals surface area contributed by atoms with Crippen molar-refractivity contribution < 1.29 is 0 Å². The summed E-state index contributed by atoms with van der Waals surface area (Å²) in [7, 11) is 0. The third-order valence-electron chi connectivity index (χ3n) is 1.57. The smallest absolute Gasteiger partial charge is 0.0772 e. The molecule has 0 fully saturated rings. The molecular weight excluding hydrogens is 192 g/mol. The quantitative estimate of drug-likeness (QED) is 0.449. The van der Waals surface area contributed by atoms with Crippen LogP contribution in [0.4, 0.5) is 0 Å². The van der Waals surface area contributed by atoms with Crippen molar-refractivity contribution in [2.45, 2.75) is 13.0 Å².